The SMILES string of the molecule is Cc1cc(CN2CCC(C(C)N)CC2)n(C)n1. The molecule has 4 nitrogen and oxygen atoms in total. The molecular weight excluding hydrogens is 212 g/mol. The van der Waals surface area contributed by atoms with Crippen LogP contribution in [0.1, 0.15) is 31.2 Å². The summed E-state index contributed by atoms with van der Waals surface area (Å²) in [5, 5.41) is 4.39. The summed E-state index contributed by atoms with van der Waals surface area (Å²) in [6, 6.07) is 2.52. The van der Waals surface area contributed by atoms with Crippen LogP contribution in [0, 0.1) is 12.8 Å². The van der Waals surface area contributed by atoms with Crippen LogP contribution in [0.25, 0.3) is 0 Å². The highest BCUT2D eigenvalue weighted by molar-refractivity contribution is 5.08. The second-order valence-corrected chi connectivity index (χ2v) is 5.37. The molecule has 4 heteroatoms. The number of aromatic nitrogens is 2. The molecule has 1 aliphatic heterocycles. The van der Waals surface area contributed by atoms with Crippen LogP contribution >= 0.6 is 0 Å². The van der Waals surface area contributed by atoms with E-state index in [1.54, 1.807) is 0 Å². The Morgan fingerprint density at radius 3 is 2.59 bits per heavy atom. The Hall–Kier alpha value is -0.870. The van der Waals surface area contributed by atoms with Gasteiger partial charge in [0.05, 0.1) is 11.4 Å². The van der Waals surface area contributed by atoms with Crippen molar-refractivity contribution in [3.8, 4) is 0 Å². The maximum atomic E-state index is 5.96. The monoisotopic (exact) mass is 236 g/mol. The molecule has 0 spiro atoms. The fourth-order valence-corrected chi connectivity index (χ4v) is 2.68. The number of piperidine rings is 1. The summed E-state index contributed by atoms with van der Waals surface area (Å²) in [4.78, 5) is 2.51. The Kier molecular flexibility index (Phi) is 3.84. The predicted octanol–water partition coefficient (Wildman–Crippen LogP) is 1.29. The molecule has 1 aliphatic rings. The number of hydrogen-bond donors (Lipinski definition) is 1. The molecule has 96 valence electrons. The maximum Gasteiger partial charge on any atom is 0.0597 e. The first kappa shape index (κ1) is 12.6. The molecule has 1 saturated heterocycles. The summed E-state index contributed by atoms with van der Waals surface area (Å²) in [6.45, 7) is 7.52. The van der Waals surface area contributed by atoms with E-state index < -0.39 is 0 Å². The number of likely N-dealkylation sites (tertiary alicyclic amines) is 1. The van der Waals surface area contributed by atoms with Crippen LogP contribution in [-0.2, 0) is 13.6 Å². The van der Waals surface area contributed by atoms with Gasteiger partial charge in [-0.25, -0.2) is 0 Å². The quantitative estimate of drug-likeness (QED) is 0.860. The minimum atomic E-state index is 0.344. The second kappa shape index (κ2) is 5.19. The van der Waals surface area contributed by atoms with Gasteiger partial charge in [-0.2, -0.15) is 5.10 Å². The topological polar surface area (TPSA) is 47.1 Å². The molecule has 0 amide bonds. The van der Waals surface area contributed by atoms with Crippen molar-refractivity contribution in [3.63, 3.8) is 0 Å². The summed E-state index contributed by atoms with van der Waals surface area (Å²) in [6.07, 6.45) is 2.46. The first-order valence-corrected chi connectivity index (χ1v) is 6.53. The molecule has 2 heterocycles. The Morgan fingerprint density at radius 1 is 1.47 bits per heavy atom. The van der Waals surface area contributed by atoms with E-state index in [2.05, 4.69) is 23.0 Å². The lowest BCUT2D eigenvalue weighted by Gasteiger charge is -2.33. The van der Waals surface area contributed by atoms with E-state index in [4.69, 9.17) is 5.73 Å². The van der Waals surface area contributed by atoms with E-state index in [0.717, 1.165) is 25.3 Å². The van der Waals surface area contributed by atoms with Gasteiger partial charge < -0.3 is 5.73 Å². The Labute approximate surface area is 104 Å². The second-order valence-electron chi connectivity index (χ2n) is 5.37. The molecule has 1 aromatic rings. The minimum absolute atomic E-state index is 0.344. The molecule has 0 aromatic carbocycles. The minimum Gasteiger partial charge on any atom is -0.328 e. The van der Waals surface area contributed by atoms with Gasteiger partial charge in [-0.3, -0.25) is 9.58 Å². The van der Waals surface area contributed by atoms with E-state index in [0.29, 0.717) is 12.0 Å². The van der Waals surface area contributed by atoms with E-state index in [1.807, 2.05) is 18.7 Å². The van der Waals surface area contributed by atoms with Crippen LogP contribution in [0.3, 0.4) is 0 Å². The van der Waals surface area contributed by atoms with Crippen molar-refractivity contribution in [3.05, 3.63) is 17.5 Å². The van der Waals surface area contributed by atoms with Gasteiger partial charge in [0.25, 0.3) is 0 Å². The first-order valence-electron chi connectivity index (χ1n) is 6.53. The summed E-state index contributed by atoms with van der Waals surface area (Å²) in [7, 11) is 2.02. The zero-order chi connectivity index (χ0) is 12.4. The Balaban J connectivity index is 1.88. The van der Waals surface area contributed by atoms with Gasteiger partial charge in [0.2, 0.25) is 0 Å². The highest BCUT2D eigenvalue weighted by atomic mass is 15.3. The summed E-state index contributed by atoms with van der Waals surface area (Å²) < 4.78 is 1.99. The standard InChI is InChI=1S/C13H24N4/c1-10-8-13(16(3)15-10)9-17-6-4-12(5-7-17)11(2)14/h8,11-12H,4-7,9,14H2,1-3H3. The third kappa shape index (κ3) is 3.07. The van der Waals surface area contributed by atoms with Gasteiger partial charge in [0, 0.05) is 19.6 Å². The van der Waals surface area contributed by atoms with Crippen LogP contribution in [0.2, 0.25) is 0 Å². The van der Waals surface area contributed by atoms with Gasteiger partial charge in [0.15, 0.2) is 0 Å². The molecule has 0 radical (unpaired) electrons. The van der Waals surface area contributed by atoms with E-state index in [1.165, 1.54) is 18.5 Å². The Bertz CT molecular complexity index is 361. The fraction of sp³-hybridized carbons (Fsp3) is 0.769. The van der Waals surface area contributed by atoms with Crippen LogP contribution in [0.15, 0.2) is 6.07 Å². The number of nitrogens with two attached hydrogens (primary N) is 1. The molecule has 1 unspecified atom stereocenters. The van der Waals surface area contributed by atoms with Crippen molar-refractivity contribution in [1.29, 1.82) is 0 Å². The number of nitrogens with zero attached hydrogens (tertiary/aromatic N) is 3. The normalized spacial score (nSPS) is 20.7. The molecule has 1 aromatic heterocycles. The molecule has 0 aliphatic carbocycles. The lowest BCUT2D eigenvalue weighted by molar-refractivity contribution is 0.162. The van der Waals surface area contributed by atoms with Crippen molar-refractivity contribution in [2.45, 2.75) is 39.3 Å². The van der Waals surface area contributed by atoms with Crippen LogP contribution < -0.4 is 5.73 Å². The number of aryl methyl sites for hydroxylation is 2. The molecule has 1 atom stereocenters. The molecule has 0 bridgehead atoms. The molecule has 2 rings (SSSR count). The third-order valence-corrected chi connectivity index (χ3v) is 3.86. The van der Waals surface area contributed by atoms with Gasteiger partial charge in [-0.1, -0.05) is 0 Å². The zero-order valence-corrected chi connectivity index (χ0v) is 11.2. The zero-order valence-electron chi connectivity index (χ0n) is 11.2. The molecule has 17 heavy (non-hydrogen) atoms. The largest absolute Gasteiger partial charge is 0.328 e. The average Bonchev–Trinajstić information content (AvgIpc) is 2.58. The van der Waals surface area contributed by atoms with Crippen LogP contribution in [0.4, 0.5) is 0 Å². The van der Waals surface area contributed by atoms with E-state index in [9.17, 15) is 0 Å². The fourth-order valence-electron chi connectivity index (χ4n) is 2.68. The van der Waals surface area contributed by atoms with Crippen molar-refractivity contribution < 1.29 is 0 Å². The lowest BCUT2D eigenvalue weighted by atomic mass is 9.91. The number of rotatable bonds is 3. The summed E-state index contributed by atoms with van der Waals surface area (Å²) >= 11 is 0. The van der Waals surface area contributed by atoms with Gasteiger partial charge in [-0.15, -0.1) is 0 Å². The van der Waals surface area contributed by atoms with Gasteiger partial charge in [-0.05, 0) is 51.8 Å². The molecule has 0 saturated carbocycles. The highest BCUT2D eigenvalue weighted by Gasteiger charge is 2.22. The van der Waals surface area contributed by atoms with Crippen LogP contribution in [-0.4, -0.2) is 33.8 Å². The summed E-state index contributed by atoms with van der Waals surface area (Å²) in [5.41, 5.74) is 8.37. The third-order valence-electron chi connectivity index (χ3n) is 3.86. The van der Waals surface area contributed by atoms with Gasteiger partial charge in [0.1, 0.15) is 0 Å². The van der Waals surface area contributed by atoms with Crippen molar-refractivity contribution in [1.82, 2.24) is 14.7 Å². The molecular formula is C13H24N4. The average molecular weight is 236 g/mol. The van der Waals surface area contributed by atoms with E-state index >= 15 is 0 Å². The Morgan fingerprint density at radius 2 is 2.12 bits per heavy atom. The van der Waals surface area contributed by atoms with Crippen molar-refractivity contribution in [2.24, 2.45) is 18.7 Å². The van der Waals surface area contributed by atoms with Crippen LogP contribution in [0.5, 0.6) is 0 Å². The number of hydrogen-bond acceptors (Lipinski definition) is 3. The maximum absolute atomic E-state index is 5.96. The molecule has 1 fully saturated rings. The van der Waals surface area contributed by atoms with Gasteiger partial charge >= 0.3 is 0 Å². The summed E-state index contributed by atoms with van der Waals surface area (Å²) in [5.74, 6) is 0.708. The predicted molar refractivity (Wildman–Crippen MR) is 69.6 cm³/mol. The smallest absolute Gasteiger partial charge is 0.0597 e. The highest BCUT2D eigenvalue weighted by Crippen LogP contribution is 2.20. The van der Waals surface area contributed by atoms with Crippen molar-refractivity contribution >= 4 is 0 Å². The first-order chi connectivity index (χ1) is 8.06. The van der Waals surface area contributed by atoms with Crippen molar-refractivity contribution in [2.75, 3.05) is 13.1 Å². The lowest BCUT2D eigenvalue weighted by Crippen LogP contribution is -2.39. The van der Waals surface area contributed by atoms with E-state index in [-0.39, 0.29) is 0 Å². The molecule has 2 N–H and O–H groups in total.